The number of halogens is 1. The summed E-state index contributed by atoms with van der Waals surface area (Å²) in [4.78, 5) is 11.9. The van der Waals surface area contributed by atoms with Gasteiger partial charge in [0, 0.05) is 13.7 Å². The summed E-state index contributed by atoms with van der Waals surface area (Å²) < 4.78 is 6.74. The van der Waals surface area contributed by atoms with Gasteiger partial charge in [-0.05, 0) is 22.9 Å². The van der Waals surface area contributed by atoms with Crippen molar-refractivity contribution >= 4 is 21.6 Å². The summed E-state index contributed by atoms with van der Waals surface area (Å²) in [5, 5.41) is 7.14. The van der Waals surface area contributed by atoms with E-state index in [9.17, 15) is 4.79 Å². The molecule has 0 aromatic carbocycles. The Labute approximate surface area is 109 Å². The Kier molecular flexibility index (Phi) is 5.37. The van der Waals surface area contributed by atoms with E-state index in [4.69, 9.17) is 4.74 Å². The fourth-order valence-electron chi connectivity index (χ4n) is 1.17. The van der Waals surface area contributed by atoms with E-state index in [2.05, 4.69) is 32.9 Å². The predicted molar refractivity (Wildman–Crippen MR) is 71.4 cm³/mol. The molecule has 1 aromatic heterocycles. The molecule has 0 fully saturated rings. The molecule has 0 saturated carbocycles. The molecule has 1 N–H and O–H groups in total. The summed E-state index contributed by atoms with van der Waals surface area (Å²) in [5.41, 5.74) is 1.49. The van der Waals surface area contributed by atoms with E-state index in [1.165, 1.54) is 4.68 Å². The first kappa shape index (κ1) is 13.9. The second-order valence-corrected chi connectivity index (χ2v) is 4.50. The second-order valence-electron chi connectivity index (χ2n) is 3.70. The van der Waals surface area contributed by atoms with Crippen LogP contribution in [0.5, 0.6) is 0 Å². The fraction of sp³-hybridized carbons (Fsp3) is 0.455. The second kappa shape index (κ2) is 6.56. The Morgan fingerprint density at radius 3 is 3.00 bits per heavy atom. The van der Waals surface area contributed by atoms with E-state index in [-0.39, 0.29) is 5.56 Å². The number of aromatic nitrogens is 2. The summed E-state index contributed by atoms with van der Waals surface area (Å²) in [7, 11) is 1.59. The highest BCUT2D eigenvalue weighted by Gasteiger charge is 2.07. The molecule has 0 atom stereocenters. The molecule has 0 aliphatic heterocycles. The lowest BCUT2D eigenvalue weighted by atomic mass is 10.3. The van der Waals surface area contributed by atoms with Gasteiger partial charge in [-0.1, -0.05) is 12.2 Å². The van der Waals surface area contributed by atoms with Gasteiger partial charge in [0.2, 0.25) is 0 Å². The summed E-state index contributed by atoms with van der Waals surface area (Å²) in [6, 6.07) is 0. The van der Waals surface area contributed by atoms with E-state index in [0.29, 0.717) is 29.9 Å². The van der Waals surface area contributed by atoms with Crippen LogP contribution in [0.25, 0.3) is 0 Å². The molecule has 0 aliphatic rings. The molecule has 0 spiro atoms. The van der Waals surface area contributed by atoms with Gasteiger partial charge in [0.05, 0.1) is 25.0 Å². The first-order chi connectivity index (χ1) is 8.06. The zero-order valence-corrected chi connectivity index (χ0v) is 11.6. The Morgan fingerprint density at radius 1 is 1.71 bits per heavy atom. The molecule has 0 radical (unpaired) electrons. The molecule has 0 bridgehead atoms. The zero-order chi connectivity index (χ0) is 12.8. The Bertz CT molecular complexity index is 457. The molecular weight excluding hydrogens is 286 g/mol. The van der Waals surface area contributed by atoms with Gasteiger partial charge in [0.1, 0.15) is 4.47 Å². The minimum Gasteiger partial charge on any atom is -0.383 e. The molecule has 1 rings (SSSR count). The Hall–Kier alpha value is -1.14. The van der Waals surface area contributed by atoms with Crippen molar-refractivity contribution in [3.8, 4) is 0 Å². The summed E-state index contributed by atoms with van der Waals surface area (Å²) in [6.07, 6.45) is 1.62. The number of anilines is 1. The van der Waals surface area contributed by atoms with E-state index in [1.807, 2.05) is 6.92 Å². The SMILES string of the molecule is C=C(C)CNc1cnn(CCOC)c(=O)c1Br. The average molecular weight is 302 g/mol. The van der Waals surface area contributed by atoms with Crippen molar-refractivity contribution in [2.75, 3.05) is 25.6 Å². The lowest BCUT2D eigenvalue weighted by molar-refractivity contribution is 0.181. The van der Waals surface area contributed by atoms with E-state index >= 15 is 0 Å². The van der Waals surface area contributed by atoms with Crippen LogP contribution in [0.1, 0.15) is 6.92 Å². The van der Waals surface area contributed by atoms with Gasteiger partial charge in [-0.3, -0.25) is 4.79 Å². The molecule has 1 heterocycles. The van der Waals surface area contributed by atoms with Crippen molar-refractivity contribution in [3.63, 3.8) is 0 Å². The maximum Gasteiger partial charge on any atom is 0.283 e. The average Bonchev–Trinajstić information content (AvgIpc) is 2.29. The number of rotatable bonds is 6. The first-order valence-corrected chi connectivity index (χ1v) is 5.98. The zero-order valence-electron chi connectivity index (χ0n) is 9.99. The fourth-order valence-corrected chi connectivity index (χ4v) is 1.62. The van der Waals surface area contributed by atoms with Crippen LogP contribution in [0.15, 0.2) is 27.6 Å². The number of nitrogens with zero attached hydrogens (tertiary/aromatic N) is 2. The van der Waals surface area contributed by atoms with Crippen LogP contribution in [0.4, 0.5) is 5.69 Å². The molecule has 0 saturated heterocycles. The van der Waals surface area contributed by atoms with Crippen LogP contribution >= 0.6 is 15.9 Å². The van der Waals surface area contributed by atoms with Crippen LogP contribution in [0, 0.1) is 0 Å². The van der Waals surface area contributed by atoms with Gasteiger partial charge in [0.15, 0.2) is 0 Å². The third kappa shape index (κ3) is 3.98. The molecule has 5 nitrogen and oxygen atoms in total. The Balaban J connectivity index is 2.86. The maximum absolute atomic E-state index is 11.9. The molecule has 0 amide bonds. The van der Waals surface area contributed by atoms with E-state index in [0.717, 1.165) is 5.57 Å². The summed E-state index contributed by atoms with van der Waals surface area (Å²) >= 11 is 3.27. The number of ether oxygens (including phenoxy) is 1. The van der Waals surface area contributed by atoms with Crippen LogP contribution in [-0.2, 0) is 11.3 Å². The molecule has 94 valence electrons. The number of hydrogen-bond donors (Lipinski definition) is 1. The van der Waals surface area contributed by atoms with Crippen molar-refractivity contribution in [3.05, 3.63) is 33.2 Å². The number of hydrogen-bond acceptors (Lipinski definition) is 4. The molecule has 0 unspecified atom stereocenters. The van der Waals surface area contributed by atoms with Crippen LogP contribution < -0.4 is 10.9 Å². The highest BCUT2D eigenvalue weighted by atomic mass is 79.9. The van der Waals surface area contributed by atoms with Crippen LogP contribution in [0.2, 0.25) is 0 Å². The van der Waals surface area contributed by atoms with Gasteiger partial charge in [-0.15, -0.1) is 0 Å². The Morgan fingerprint density at radius 2 is 2.41 bits per heavy atom. The lowest BCUT2D eigenvalue weighted by Gasteiger charge is -2.10. The van der Waals surface area contributed by atoms with Gasteiger partial charge in [-0.2, -0.15) is 5.10 Å². The molecule has 17 heavy (non-hydrogen) atoms. The quantitative estimate of drug-likeness (QED) is 0.812. The van der Waals surface area contributed by atoms with Crippen molar-refractivity contribution in [2.24, 2.45) is 0 Å². The van der Waals surface area contributed by atoms with Crippen LogP contribution in [0.3, 0.4) is 0 Å². The minimum absolute atomic E-state index is 0.172. The molecule has 1 aromatic rings. The topological polar surface area (TPSA) is 56.1 Å². The molecular formula is C11H16BrN3O2. The maximum atomic E-state index is 11.9. The normalized spacial score (nSPS) is 10.3. The summed E-state index contributed by atoms with van der Waals surface area (Å²) in [6.45, 7) is 7.20. The highest BCUT2D eigenvalue weighted by Crippen LogP contribution is 2.16. The first-order valence-electron chi connectivity index (χ1n) is 5.19. The third-order valence-corrected chi connectivity index (χ3v) is 2.84. The van der Waals surface area contributed by atoms with Gasteiger partial charge < -0.3 is 10.1 Å². The van der Waals surface area contributed by atoms with Gasteiger partial charge in [-0.25, -0.2) is 4.68 Å². The predicted octanol–water partition coefficient (Wildman–Crippen LogP) is 1.64. The van der Waals surface area contributed by atoms with Crippen molar-refractivity contribution in [2.45, 2.75) is 13.5 Å². The third-order valence-electron chi connectivity index (χ3n) is 2.07. The largest absolute Gasteiger partial charge is 0.383 e. The van der Waals surface area contributed by atoms with Crippen LogP contribution in [-0.4, -0.2) is 30.0 Å². The number of nitrogens with one attached hydrogen (secondary N) is 1. The minimum atomic E-state index is -0.172. The van der Waals surface area contributed by atoms with E-state index < -0.39 is 0 Å². The van der Waals surface area contributed by atoms with E-state index in [1.54, 1.807) is 13.3 Å². The monoisotopic (exact) mass is 301 g/mol. The van der Waals surface area contributed by atoms with Crippen molar-refractivity contribution in [1.82, 2.24) is 9.78 Å². The highest BCUT2D eigenvalue weighted by molar-refractivity contribution is 9.10. The molecule has 0 aliphatic carbocycles. The summed E-state index contributed by atoms with van der Waals surface area (Å²) in [5.74, 6) is 0. The van der Waals surface area contributed by atoms with Gasteiger partial charge in [0.25, 0.3) is 5.56 Å². The smallest absolute Gasteiger partial charge is 0.283 e. The molecule has 6 heteroatoms. The number of methoxy groups -OCH3 is 1. The standard InChI is InChI=1S/C11H16BrN3O2/c1-8(2)6-13-9-7-14-15(4-5-17-3)11(16)10(9)12/h7,13H,1,4-6H2,2-3H3. The van der Waals surface area contributed by atoms with Crippen molar-refractivity contribution in [1.29, 1.82) is 0 Å². The lowest BCUT2D eigenvalue weighted by Crippen LogP contribution is -2.26. The van der Waals surface area contributed by atoms with Gasteiger partial charge >= 0.3 is 0 Å². The van der Waals surface area contributed by atoms with Crippen molar-refractivity contribution < 1.29 is 4.74 Å².